The second-order valence-corrected chi connectivity index (χ2v) is 10.0. The summed E-state index contributed by atoms with van der Waals surface area (Å²) in [4.78, 5) is 43.4. The lowest BCUT2D eigenvalue weighted by Crippen LogP contribution is -2.76. The van der Waals surface area contributed by atoms with Crippen LogP contribution in [0.4, 0.5) is 9.18 Å². The molecule has 0 unspecified atom stereocenters. The van der Waals surface area contributed by atoms with E-state index in [1.165, 1.54) is 17.1 Å². The summed E-state index contributed by atoms with van der Waals surface area (Å²) in [6.07, 6.45) is 1.22. The molecule has 10 heteroatoms. The predicted octanol–water partition coefficient (Wildman–Crippen LogP) is 3.52. The first-order valence-electron chi connectivity index (χ1n) is 13.2. The Kier molecular flexibility index (Phi) is 8.86. The van der Waals surface area contributed by atoms with E-state index in [1.807, 2.05) is 31.2 Å². The molecule has 9 nitrogen and oxygen atoms in total. The molecule has 0 bridgehead atoms. The fraction of sp³-hybridized carbons (Fsp3) is 0.414. The van der Waals surface area contributed by atoms with Crippen molar-refractivity contribution >= 4 is 17.8 Å². The molecular weight excluding hydrogens is 501 g/mol. The number of nitrogens with one attached hydrogen (secondary N) is 1. The van der Waals surface area contributed by atoms with Crippen molar-refractivity contribution in [3.05, 3.63) is 77.8 Å². The van der Waals surface area contributed by atoms with E-state index in [0.29, 0.717) is 30.9 Å². The molecular formula is C29H36FN5O4. The highest BCUT2D eigenvalue weighted by Gasteiger charge is 2.50. The van der Waals surface area contributed by atoms with Gasteiger partial charge in [-0.3, -0.25) is 9.59 Å². The van der Waals surface area contributed by atoms with Crippen LogP contribution in [-0.4, -0.2) is 76.6 Å². The highest BCUT2D eigenvalue weighted by atomic mass is 19.1. The van der Waals surface area contributed by atoms with E-state index in [2.05, 4.69) is 11.9 Å². The first-order chi connectivity index (χ1) is 18.7. The number of benzene rings is 2. The average Bonchev–Trinajstić information content (AvgIpc) is 2.89. The zero-order valence-electron chi connectivity index (χ0n) is 22.7. The largest absolute Gasteiger partial charge is 0.463 e. The van der Waals surface area contributed by atoms with Crippen LogP contribution in [0.2, 0.25) is 0 Å². The van der Waals surface area contributed by atoms with Gasteiger partial charge in [-0.1, -0.05) is 44.2 Å². The van der Waals surface area contributed by atoms with Gasteiger partial charge in [0.25, 0.3) is 0 Å². The lowest BCUT2D eigenvalue weighted by atomic mass is 10.0. The number of nitrogens with zero attached hydrogens (tertiary/aromatic N) is 4. The van der Waals surface area contributed by atoms with E-state index in [-0.39, 0.29) is 43.3 Å². The van der Waals surface area contributed by atoms with Crippen molar-refractivity contribution < 1.29 is 23.5 Å². The number of ether oxygens (including phenoxy) is 1. The van der Waals surface area contributed by atoms with Crippen molar-refractivity contribution in [2.45, 2.75) is 51.9 Å². The van der Waals surface area contributed by atoms with Gasteiger partial charge in [-0.25, -0.2) is 19.2 Å². The minimum Gasteiger partial charge on any atom is -0.463 e. The number of halogens is 1. The van der Waals surface area contributed by atoms with Crippen molar-refractivity contribution in [1.29, 1.82) is 0 Å². The van der Waals surface area contributed by atoms with Crippen LogP contribution >= 0.6 is 0 Å². The molecule has 2 aliphatic rings. The van der Waals surface area contributed by atoms with Crippen LogP contribution in [-0.2, 0) is 22.6 Å². The number of hydrogen-bond donors (Lipinski definition) is 1. The summed E-state index contributed by atoms with van der Waals surface area (Å²) in [6, 6.07) is 12.5. The van der Waals surface area contributed by atoms with Gasteiger partial charge in [0, 0.05) is 20.1 Å². The molecule has 2 fully saturated rings. The highest BCUT2D eigenvalue weighted by molar-refractivity contribution is 5.91. The molecule has 2 heterocycles. The monoisotopic (exact) mass is 537 g/mol. The number of piperazine rings is 1. The van der Waals surface area contributed by atoms with E-state index in [0.717, 1.165) is 17.5 Å². The van der Waals surface area contributed by atoms with Gasteiger partial charge in [-0.2, -0.15) is 0 Å². The molecule has 0 radical (unpaired) electrons. The number of carbonyl (C=O) groups is 3. The minimum absolute atomic E-state index is 0.00738. The molecule has 0 aliphatic carbocycles. The summed E-state index contributed by atoms with van der Waals surface area (Å²) in [6.45, 7) is 8.36. The minimum atomic E-state index is -0.634. The molecule has 1 N–H and O–H groups in total. The quantitative estimate of drug-likeness (QED) is 0.495. The molecule has 2 aliphatic heterocycles. The molecule has 2 atom stereocenters. The third-order valence-corrected chi connectivity index (χ3v) is 6.95. The van der Waals surface area contributed by atoms with Crippen molar-refractivity contribution in [3.63, 3.8) is 0 Å². The number of rotatable bonds is 9. The first kappa shape index (κ1) is 28.1. The van der Waals surface area contributed by atoms with E-state index >= 15 is 0 Å². The maximum Gasteiger partial charge on any atom is 0.334 e. The van der Waals surface area contributed by atoms with E-state index in [4.69, 9.17) is 4.74 Å². The first-order valence-corrected chi connectivity index (χ1v) is 13.2. The summed E-state index contributed by atoms with van der Waals surface area (Å²) in [5.41, 5.74) is 1.79. The Hall–Kier alpha value is -3.92. The van der Waals surface area contributed by atoms with E-state index in [9.17, 15) is 18.8 Å². The Morgan fingerprint density at radius 2 is 1.77 bits per heavy atom. The summed E-state index contributed by atoms with van der Waals surface area (Å²) in [7, 11) is 1.69. The molecule has 2 aromatic rings. The summed E-state index contributed by atoms with van der Waals surface area (Å²) in [5, 5.41) is 6.00. The fourth-order valence-electron chi connectivity index (χ4n) is 5.11. The van der Waals surface area contributed by atoms with Gasteiger partial charge in [0.2, 0.25) is 11.8 Å². The van der Waals surface area contributed by atoms with E-state index < -0.39 is 12.2 Å². The molecule has 2 saturated heterocycles. The van der Waals surface area contributed by atoms with Gasteiger partial charge in [-0.05, 0) is 55.2 Å². The number of likely N-dealkylation sites (N-methyl/N-ethyl adjacent to an activating group) is 1. The van der Waals surface area contributed by atoms with Gasteiger partial charge in [-0.15, -0.1) is 0 Å². The third-order valence-electron chi connectivity index (χ3n) is 6.95. The van der Waals surface area contributed by atoms with Crippen LogP contribution in [0, 0.1) is 5.82 Å². The SMILES string of the molecule is C=C(C)Oc1ccc(CCN2C[C@H]3N(C(=O)CN(C)N3C(=O)NCc3ccc(F)cc3)[C@@H](CCC)C2=O)cc1. The summed E-state index contributed by atoms with van der Waals surface area (Å²) in [5.74, 6) is 0.682. The summed E-state index contributed by atoms with van der Waals surface area (Å²) < 4.78 is 18.8. The maximum atomic E-state index is 13.5. The highest BCUT2D eigenvalue weighted by Crippen LogP contribution is 2.28. The Labute approximate surface area is 228 Å². The zero-order valence-corrected chi connectivity index (χ0v) is 22.7. The second-order valence-electron chi connectivity index (χ2n) is 10.0. The Morgan fingerprint density at radius 1 is 1.10 bits per heavy atom. The number of hydrazine groups is 1. The predicted molar refractivity (Wildman–Crippen MR) is 145 cm³/mol. The number of amides is 4. The molecule has 0 spiro atoms. The standard InChI is InChI=1S/C29H36FN5O4/c1-5-6-25-28(37)33(16-15-21-9-13-24(14-10-21)39-20(2)3)18-26-34(25)27(36)19-32(4)35(26)29(38)31-17-22-7-11-23(30)12-8-22/h7-14,25-26H,2,5-6,15-19H2,1,3-4H3,(H,31,38)/t25-,26-/m0/s1. The molecule has 208 valence electrons. The van der Waals surface area contributed by atoms with Crippen LogP contribution in [0.25, 0.3) is 0 Å². The van der Waals surface area contributed by atoms with Crippen molar-refractivity contribution in [1.82, 2.24) is 25.1 Å². The van der Waals surface area contributed by atoms with Crippen molar-refractivity contribution in [2.75, 3.05) is 26.7 Å². The number of fused-ring (bicyclic) bond motifs is 1. The van der Waals surface area contributed by atoms with Crippen LogP contribution in [0.3, 0.4) is 0 Å². The van der Waals surface area contributed by atoms with Gasteiger partial charge in [0.1, 0.15) is 23.8 Å². The topological polar surface area (TPSA) is 85.4 Å². The Morgan fingerprint density at radius 3 is 2.41 bits per heavy atom. The van der Waals surface area contributed by atoms with Gasteiger partial charge < -0.3 is 19.9 Å². The lowest BCUT2D eigenvalue weighted by Gasteiger charge is -2.54. The Bertz CT molecular complexity index is 1200. The fourth-order valence-corrected chi connectivity index (χ4v) is 5.11. The van der Waals surface area contributed by atoms with E-state index in [1.54, 1.807) is 40.9 Å². The number of hydrogen-bond acceptors (Lipinski definition) is 5. The second kappa shape index (κ2) is 12.3. The smallest absolute Gasteiger partial charge is 0.334 e. The molecule has 4 rings (SSSR count). The van der Waals surface area contributed by atoms with Gasteiger partial charge >= 0.3 is 6.03 Å². The van der Waals surface area contributed by atoms with Crippen LogP contribution in [0.5, 0.6) is 5.75 Å². The van der Waals surface area contributed by atoms with Crippen molar-refractivity contribution in [3.8, 4) is 5.75 Å². The number of urea groups is 1. The number of allylic oxidation sites excluding steroid dienone is 1. The van der Waals surface area contributed by atoms with Gasteiger partial charge in [0.15, 0.2) is 0 Å². The number of carbonyl (C=O) groups excluding carboxylic acids is 3. The van der Waals surface area contributed by atoms with Crippen LogP contribution in [0.1, 0.15) is 37.8 Å². The average molecular weight is 538 g/mol. The van der Waals surface area contributed by atoms with Crippen molar-refractivity contribution in [2.24, 2.45) is 0 Å². The molecule has 4 amide bonds. The zero-order chi connectivity index (χ0) is 28.1. The molecule has 0 aromatic heterocycles. The van der Waals surface area contributed by atoms with Crippen LogP contribution in [0.15, 0.2) is 60.9 Å². The maximum absolute atomic E-state index is 13.5. The third kappa shape index (κ3) is 6.57. The summed E-state index contributed by atoms with van der Waals surface area (Å²) >= 11 is 0. The normalized spacial score (nSPS) is 19.6. The van der Waals surface area contributed by atoms with Gasteiger partial charge in [0.05, 0.1) is 18.8 Å². The molecule has 0 saturated carbocycles. The lowest BCUT2D eigenvalue weighted by molar-refractivity contribution is -0.187. The Balaban J connectivity index is 1.50. The van der Waals surface area contributed by atoms with Crippen LogP contribution < -0.4 is 10.1 Å². The molecule has 2 aromatic carbocycles. The molecule has 39 heavy (non-hydrogen) atoms.